The minimum atomic E-state index is -3.32. The second-order valence-electron chi connectivity index (χ2n) is 3.54. The molecule has 1 atom stereocenters. The lowest BCUT2D eigenvalue weighted by atomic mass is 10.2. The van der Waals surface area contributed by atoms with Crippen LogP contribution in [0.2, 0.25) is 0 Å². The van der Waals surface area contributed by atoms with E-state index in [1.54, 1.807) is 20.8 Å². The van der Waals surface area contributed by atoms with Crippen LogP contribution in [0, 0.1) is 0 Å². The summed E-state index contributed by atoms with van der Waals surface area (Å²) >= 11 is 4.27. The maximum atomic E-state index is 11.8. The molecule has 0 saturated heterocycles. The Kier molecular flexibility index (Phi) is 9.75. The van der Waals surface area contributed by atoms with E-state index in [9.17, 15) is 4.79 Å². The lowest BCUT2D eigenvalue weighted by Crippen LogP contribution is -2.51. The van der Waals surface area contributed by atoms with Crippen LogP contribution >= 0.6 is 12.6 Å². The molecule has 0 fully saturated rings. The highest BCUT2D eigenvalue weighted by Gasteiger charge is 2.49. The van der Waals surface area contributed by atoms with Gasteiger partial charge in [0.2, 0.25) is 0 Å². The van der Waals surface area contributed by atoms with Crippen molar-refractivity contribution in [1.82, 2.24) is 0 Å². The Hall–Kier alpha value is -0.0831. The van der Waals surface area contributed by atoms with E-state index in [-0.39, 0.29) is 17.6 Å². The standard InChI is InChI=1S/C11H24O5SSi/c1-5-10(17)9-11(12)16-18(13-6-2,14-7-3)15-8-4/h10,17H,5-9H2,1-4H3. The lowest BCUT2D eigenvalue weighted by molar-refractivity contribution is -0.144. The Morgan fingerprint density at radius 1 is 1.06 bits per heavy atom. The van der Waals surface area contributed by atoms with Crippen molar-refractivity contribution in [3.63, 3.8) is 0 Å². The van der Waals surface area contributed by atoms with Gasteiger partial charge in [-0.05, 0) is 27.2 Å². The molecule has 0 heterocycles. The van der Waals surface area contributed by atoms with E-state index in [1.807, 2.05) is 6.92 Å². The molecule has 7 heteroatoms. The van der Waals surface area contributed by atoms with E-state index in [0.717, 1.165) is 6.42 Å². The number of carbonyl (C=O) groups is 1. The van der Waals surface area contributed by atoms with Gasteiger partial charge < -0.3 is 17.7 Å². The average molecular weight is 296 g/mol. The van der Waals surface area contributed by atoms with Crippen LogP contribution in [0.5, 0.6) is 0 Å². The first-order valence-corrected chi connectivity index (χ1v) is 8.50. The van der Waals surface area contributed by atoms with Gasteiger partial charge in [0, 0.05) is 25.1 Å². The molecule has 0 aliphatic heterocycles. The fourth-order valence-corrected chi connectivity index (χ4v) is 3.26. The molecule has 0 aromatic rings. The van der Waals surface area contributed by atoms with Crippen LogP contribution in [-0.4, -0.2) is 40.1 Å². The van der Waals surface area contributed by atoms with Crippen LogP contribution in [0.15, 0.2) is 0 Å². The summed E-state index contributed by atoms with van der Waals surface area (Å²) in [4.78, 5) is 11.8. The summed E-state index contributed by atoms with van der Waals surface area (Å²) in [6.45, 7) is 8.50. The summed E-state index contributed by atoms with van der Waals surface area (Å²) in [5, 5.41) is -0.0194. The molecule has 0 bridgehead atoms. The van der Waals surface area contributed by atoms with Crippen molar-refractivity contribution in [2.75, 3.05) is 19.8 Å². The maximum absolute atomic E-state index is 11.8. The maximum Gasteiger partial charge on any atom is 0.751 e. The molecule has 0 spiro atoms. The predicted octanol–water partition coefficient (Wildman–Crippen LogP) is 2.17. The number of hydrogen-bond acceptors (Lipinski definition) is 6. The van der Waals surface area contributed by atoms with E-state index in [2.05, 4.69) is 12.6 Å². The number of hydrogen-bond donors (Lipinski definition) is 1. The summed E-state index contributed by atoms with van der Waals surface area (Å²) < 4.78 is 21.6. The molecule has 108 valence electrons. The molecule has 5 nitrogen and oxygen atoms in total. The molecule has 1 unspecified atom stereocenters. The zero-order valence-corrected chi connectivity index (χ0v) is 13.5. The van der Waals surface area contributed by atoms with E-state index in [1.165, 1.54) is 0 Å². The Labute approximate surface area is 116 Å². The average Bonchev–Trinajstić information content (AvgIpc) is 2.29. The first-order chi connectivity index (χ1) is 8.53. The molecule has 0 radical (unpaired) electrons. The van der Waals surface area contributed by atoms with Crippen molar-refractivity contribution < 1.29 is 22.5 Å². The van der Waals surface area contributed by atoms with Crippen LogP contribution in [0.25, 0.3) is 0 Å². The van der Waals surface area contributed by atoms with Gasteiger partial charge in [-0.3, -0.25) is 4.79 Å². The molecule has 0 saturated carbocycles. The van der Waals surface area contributed by atoms with E-state index in [4.69, 9.17) is 17.7 Å². The Balaban J connectivity index is 4.58. The van der Waals surface area contributed by atoms with Crippen molar-refractivity contribution in [2.24, 2.45) is 0 Å². The molecule has 0 rings (SSSR count). The molecular weight excluding hydrogens is 272 g/mol. The van der Waals surface area contributed by atoms with Crippen LogP contribution < -0.4 is 0 Å². The van der Waals surface area contributed by atoms with Crippen LogP contribution in [0.1, 0.15) is 40.5 Å². The third-order valence-electron chi connectivity index (χ3n) is 2.08. The van der Waals surface area contributed by atoms with E-state index >= 15 is 0 Å². The van der Waals surface area contributed by atoms with Crippen molar-refractivity contribution >= 4 is 27.6 Å². The summed E-state index contributed by atoms with van der Waals surface area (Å²) in [7, 11) is -3.32. The van der Waals surface area contributed by atoms with Gasteiger partial charge in [-0.15, -0.1) is 0 Å². The minimum absolute atomic E-state index is 0.0194. The number of rotatable bonds is 10. The third-order valence-corrected chi connectivity index (χ3v) is 5.03. The quantitative estimate of drug-likeness (QED) is 0.494. The summed E-state index contributed by atoms with van der Waals surface area (Å²) in [6, 6.07) is 0. The molecule has 0 amide bonds. The Bertz CT molecular complexity index is 222. The van der Waals surface area contributed by atoms with Crippen molar-refractivity contribution in [3.05, 3.63) is 0 Å². The second kappa shape index (κ2) is 9.80. The Morgan fingerprint density at radius 2 is 1.50 bits per heavy atom. The monoisotopic (exact) mass is 296 g/mol. The SMILES string of the molecule is CCO[Si](OCC)(OCC)OC(=O)CC(S)CC. The molecule has 0 aromatic carbocycles. The predicted molar refractivity (Wildman–Crippen MR) is 74.4 cm³/mol. The summed E-state index contributed by atoms with van der Waals surface area (Å²) in [5.74, 6) is -0.390. The highest BCUT2D eigenvalue weighted by Crippen LogP contribution is 2.15. The van der Waals surface area contributed by atoms with Gasteiger partial charge >= 0.3 is 9.05 Å². The number of carbonyl (C=O) groups excluding carboxylic acids is 1. The summed E-state index contributed by atoms with van der Waals surface area (Å²) in [5.41, 5.74) is 0. The van der Waals surface area contributed by atoms with Crippen molar-refractivity contribution in [3.8, 4) is 0 Å². The minimum Gasteiger partial charge on any atom is -0.452 e. The van der Waals surface area contributed by atoms with Gasteiger partial charge in [0.05, 0.1) is 6.42 Å². The van der Waals surface area contributed by atoms with Gasteiger partial charge in [0.25, 0.3) is 5.97 Å². The Morgan fingerprint density at radius 3 is 1.83 bits per heavy atom. The van der Waals surface area contributed by atoms with Gasteiger partial charge in [-0.25, -0.2) is 0 Å². The molecule has 18 heavy (non-hydrogen) atoms. The smallest absolute Gasteiger partial charge is 0.452 e. The zero-order valence-electron chi connectivity index (χ0n) is 11.6. The normalized spacial score (nSPS) is 13.4. The van der Waals surface area contributed by atoms with Crippen LogP contribution in [0.4, 0.5) is 0 Å². The zero-order chi connectivity index (χ0) is 14.0. The molecule has 0 aliphatic carbocycles. The van der Waals surface area contributed by atoms with Crippen LogP contribution in [0.3, 0.4) is 0 Å². The van der Waals surface area contributed by atoms with Crippen molar-refractivity contribution in [2.45, 2.75) is 45.8 Å². The molecule has 0 aliphatic rings. The topological polar surface area (TPSA) is 54.0 Å². The lowest BCUT2D eigenvalue weighted by Gasteiger charge is -2.26. The third kappa shape index (κ3) is 6.74. The second-order valence-corrected chi connectivity index (χ2v) is 6.34. The van der Waals surface area contributed by atoms with Gasteiger partial charge in [0.15, 0.2) is 0 Å². The molecular formula is C11H24O5SSi. The van der Waals surface area contributed by atoms with Gasteiger partial charge in [-0.2, -0.15) is 12.6 Å². The van der Waals surface area contributed by atoms with Crippen LogP contribution in [-0.2, 0) is 22.5 Å². The fourth-order valence-electron chi connectivity index (χ4n) is 1.26. The number of thiol groups is 1. The largest absolute Gasteiger partial charge is 0.751 e. The molecule has 0 N–H and O–H groups in total. The van der Waals surface area contributed by atoms with E-state index in [0.29, 0.717) is 19.8 Å². The first-order valence-electron chi connectivity index (χ1n) is 6.35. The van der Waals surface area contributed by atoms with Gasteiger partial charge in [0.1, 0.15) is 0 Å². The fraction of sp³-hybridized carbons (Fsp3) is 0.909. The highest BCUT2D eigenvalue weighted by molar-refractivity contribution is 7.81. The highest BCUT2D eigenvalue weighted by atomic mass is 32.1. The van der Waals surface area contributed by atoms with Gasteiger partial charge in [-0.1, -0.05) is 6.92 Å². The van der Waals surface area contributed by atoms with E-state index < -0.39 is 9.05 Å². The summed E-state index contributed by atoms with van der Waals surface area (Å²) in [6.07, 6.45) is 1.02. The molecule has 0 aromatic heterocycles. The first kappa shape index (κ1) is 17.9. The van der Waals surface area contributed by atoms with Crippen molar-refractivity contribution in [1.29, 1.82) is 0 Å².